The third-order valence-corrected chi connectivity index (χ3v) is 7.25. The van der Waals surface area contributed by atoms with Crippen LogP contribution in [0.1, 0.15) is 38.1 Å². The minimum atomic E-state index is -3.42. The highest BCUT2D eigenvalue weighted by molar-refractivity contribution is 7.88. The number of piperidine rings is 1. The summed E-state index contributed by atoms with van der Waals surface area (Å²) in [4.78, 5) is 21.4. The van der Waals surface area contributed by atoms with Crippen LogP contribution in [0.3, 0.4) is 0 Å². The summed E-state index contributed by atoms with van der Waals surface area (Å²) in [6.07, 6.45) is 5.42. The first kappa shape index (κ1) is 20.5. The highest BCUT2D eigenvalue weighted by Crippen LogP contribution is 2.31. The quantitative estimate of drug-likeness (QED) is 0.779. The molecule has 0 aromatic carbocycles. The zero-order chi connectivity index (χ0) is 20.8. The number of nitrogens with one attached hydrogen (secondary N) is 1. The zero-order valence-corrected chi connectivity index (χ0v) is 17.6. The average molecular weight is 444 g/mol. The van der Waals surface area contributed by atoms with Gasteiger partial charge in [-0.25, -0.2) is 17.8 Å². The molecule has 2 atom stereocenters. The Morgan fingerprint density at radius 3 is 2.66 bits per heavy atom. The Labute approximate surface area is 173 Å². The summed E-state index contributed by atoms with van der Waals surface area (Å²) in [6, 6.07) is 0.986. The second-order valence-corrected chi connectivity index (χ2v) is 10.1. The van der Waals surface area contributed by atoms with Gasteiger partial charge in [-0.2, -0.15) is 9.29 Å². The summed E-state index contributed by atoms with van der Waals surface area (Å²) in [5.74, 6) is 0.214. The Morgan fingerprint density at radius 1 is 1.28 bits per heavy atom. The lowest BCUT2D eigenvalue weighted by atomic mass is 10.1. The molecule has 29 heavy (non-hydrogen) atoms. The van der Waals surface area contributed by atoms with Gasteiger partial charge in [0, 0.05) is 30.7 Å². The number of hydrogen-bond acceptors (Lipinski definition) is 6. The second kappa shape index (κ2) is 7.81. The van der Waals surface area contributed by atoms with Crippen LogP contribution < -0.4 is 10.9 Å². The maximum atomic E-state index is 14.6. The van der Waals surface area contributed by atoms with E-state index < -0.39 is 22.2 Å². The Hall–Kier alpha value is -1.78. The van der Waals surface area contributed by atoms with Gasteiger partial charge in [-0.05, 0) is 25.3 Å². The number of aromatic nitrogens is 3. The van der Waals surface area contributed by atoms with Crippen molar-refractivity contribution in [2.75, 3.05) is 24.7 Å². The third kappa shape index (κ3) is 4.10. The molecule has 11 heteroatoms. The van der Waals surface area contributed by atoms with E-state index in [1.807, 2.05) is 0 Å². The van der Waals surface area contributed by atoms with E-state index in [-0.39, 0.29) is 35.7 Å². The molecular weight excluding hydrogens is 421 g/mol. The number of halogens is 2. The maximum absolute atomic E-state index is 14.6. The van der Waals surface area contributed by atoms with Crippen molar-refractivity contribution in [1.82, 2.24) is 18.8 Å². The molecular formula is C18H23ClFN5O3S. The molecule has 0 amide bonds. The van der Waals surface area contributed by atoms with Crippen LogP contribution in [-0.2, 0) is 10.0 Å². The monoisotopic (exact) mass is 443 g/mol. The van der Waals surface area contributed by atoms with Crippen molar-refractivity contribution < 1.29 is 12.8 Å². The van der Waals surface area contributed by atoms with E-state index in [0.29, 0.717) is 17.5 Å². The number of pyridine rings is 1. The fourth-order valence-corrected chi connectivity index (χ4v) is 5.22. The molecule has 2 fully saturated rings. The summed E-state index contributed by atoms with van der Waals surface area (Å²) >= 11 is 6.13. The van der Waals surface area contributed by atoms with E-state index in [2.05, 4.69) is 15.3 Å². The lowest BCUT2D eigenvalue weighted by molar-refractivity contribution is 0.186. The van der Waals surface area contributed by atoms with Gasteiger partial charge in [0.25, 0.3) is 5.56 Å². The number of anilines is 1. The molecule has 2 aromatic heterocycles. The van der Waals surface area contributed by atoms with Gasteiger partial charge in [-0.1, -0.05) is 24.4 Å². The van der Waals surface area contributed by atoms with Crippen LogP contribution in [0.25, 0.3) is 11.0 Å². The minimum Gasteiger partial charge on any atom is -0.348 e. The zero-order valence-electron chi connectivity index (χ0n) is 16.0. The molecule has 1 saturated carbocycles. The van der Waals surface area contributed by atoms with E-state index in [1.54, 1.807) is 16.8 Å². The van der Waals surface area contributed by atoms with Crippen molar-refractivity contribution in [1.29, 1.82) is 0 Å². The fraction of sp³-hybridized carbons (Fsp3) is 0.611. The van der Waals surface area contributed by atoms with E-state index in [0.717, 1.165) is 36.2 Å². The van der Waals surface area contributed by atoms with Gasteiger partial charge in [0.2, 0.25) is 16.0 Å². The molecule has 0 bridgehead atoms. The molecule has 1 aliphatic carbocycles. The molecule has 4 rings (SSSR count). The summed E-state index contributed by atoms with van der Waals surface area (Å²) in [6.45, 7) is 0.0271. The predicted molar refractivity (Wildman–Crippen MR) is 110 cm³/mol. The number of rotatable bonds is 4. The molecule has 0 radical (unpaired) electrons. The Bertz CT molecular complexity index is 1090. The third-order valence-electron chi connectivity index (χ3n) is 5.71. The Balaban J connectivity index is 1.63. The number of alkyl halides is 1. The molecule has 2 aliphatic rings. The van der Waals surface area contributed by atoms with Crippen molar-refractivity contribution in [3.63, 3.8) is 0 Å². The Morgan fingerprint density at radius 2 is 2.00 bits per heavy atom. The molecule has 3 heterocycles. The number of hydrogen-bond donors (Lipinski definition) is 1. The average Bonchev–Trinajstić information content (AvgIpc) is 3.18. The standard InChI is InChI=1S/C18H23ClFN5O3S/c1-29(27,28)24-7-6-15(14(20)10-24)22-18-21-9-11-8-13(19)17(26)25(16(11)23-18)12-4-2-3-5-12/h8-9,12,14-15H,2-7,10H2,1H3,(H,21,22,23)/t14-,15+/m1/s1. The first-order valence-corrected chi connectivity index (χ1v) is 11.9. The van der Waals surface area contributed by atoms with E-state index in [4.69, 9.17) is 11.6 Å². The maximum Gasteiger partial charge on any atom is 0.271 e. The molecule has 1 aliphatic heterocycles. The highest BCUT2D eigenvalue weighted by atomic mass is 35.5. The van der Waals surface area contributed by atoms with Crippen LogP contribution in [-0.4, -0.2) is 58.8 Å². The van der Waals surface area contributed by atoms with Crippen molar-refractivity contribution in [2.45, 2.75) is 50.4 Å². The van der Waals surface area contributed by atoms with Gasteiger partial charge in [0.1, 0.15) is 16.8 Å². The van der Waals surface area contributed by atoms with E-state index in [9.17, 15) is 17.6 Å². The number of fused-ring (bicyclic) bond motifs is 1. The molecule has 1 N–H and O–H groups in total. The number of sulfonamides is 1. The minimum absolute atomic E-state index is 0.0402. The second-order valence-electron chi connectivity index (χ2n) is 7.75. The molecule has 1 saturated heterocycles. The van der Waals surface area contributed by atoms with Crippen molar-refractivity contribution in [3.05, 3.63) is 27.6 Å². The van der Waals surface area contributed by atoms with Crippen LogP contribution >= 0.6 is 11.6 Å². The highest BCUT2D eigenvalue weighted by Gasteiger charge is 2.33. The largest absolute Gasteiger partial charge is 0.348 e. The first-order valence-electron chi connectivity index (χ1n) is 9.67. The van der Waals surface area contributed by atoms with Crippen LogP contribution in [0.5, 0.6) is 0 Å². The van der Waals surface area contributed by atoms with Crippen LogP contribution in [0, 0.1) is 0 Å². The van der Waals surface area contributed by atoms with Crippen LogP contribution in [0.4, 0.5) is 10.3 Å². The SMILES string of the molecule is CS(=O)(=O)N1CC[C@H](Nc2ncc3cc(Cl)c(=O)n(C4CCCC4)c3n2)[C@H](F)C1. The lowest BCUT2D eigenvalue weighted by Crippen LogP contribution is -2.49. The first-order chi connectivity index (χ1) is 13.7. The molecule has 2 aromatic rings. The molecule has 0 spiro atoms. The normalized spacial score (nSPS) is 24.2. The topological polar surface area (TPSA) is 97.2 Å². The smallest absolute Gasteiger partial charge is 0.271 e. The molecule has 158 valence electrons. The van der Waals surface area contributed by atoms with Gasteiger partial charge >= 0.3 is 0 Å². The van der Waals surface area contributed by atoms with Gasteiger partial charge in [0.05, 0.1) is 12.3 Å². The van der Waals surface area contributed by atoms with E-state index in [1.165, 1.54) is 0 Å². The number of nitrogens with zero attached hydrogens (tertiary/aromatic N) is 4. The van der Waals surface area contributed by atoms with Crippen LogP contribution in [0.15, 0.2) is 17.1 Å². The molecule has 0 unspecified atom stereocenters. The van der Waals surface area contributed by atoms with E-state index >= 15 is 0 Å². The summed E-state index contributed by atoms with van der Waals surface area (Å²) in [7, 11) is -3.42. The van der Waals surface area contributed by atoms with Crippen molar-refractivity contribution in [2.24, 2.45) is 0 Å². The van der Waals surface area contributed by atoms with Gasteiger partial charge in [-0.15, -0.1) is 0 Å². The van der Waals surface area contributed by atoms with Gasteiger partial charge < -0.3 is 5.32 Å². The summed E-state index contributed by atoms with van der Waals surface area (Å²) in [5.41, 5.74) is 0.202. The summed E-state index contributed by atoms with van der Waals surface area (Å²) < 4.78 is 40.6. The summed E-state index contributed by atoms with van der Waals surface area (Å²) in [5, 5.41) is 3.76. The predicted octanol–water partition coefficient (Wildman–Crippen LogP) is 2.34. The lowest BCUT2D eigenvalue weighted by Gasteiger charge is -2.33. The van der Waals surface area contributed by atoms with Gasteiger partial charge in [-0.3, -0.25) is 9.36 Å². The fourth-order valence-electron chi connectivity index (χ4n) is 4.16. The van der Waals surface area contributed by atoms with Gasteiger partial charge in [0.15, 0.2) is 0 Å². The van der Waals surface area contributed by atoms with Crippen LogP contribution in [0.2, 0.25) is 5.02 Å². The Kier molecular flexibility index (Phi) is 5.52. The molecule has 8 nitrogen and oxygen atoms in total. The van der Waals surface area contributed by atoms with Crippen molar-refractivity contribution >= 4 is 38.6 Å². The van der Waals surface area contributed by atoms with Crippen molar-refractivity contribution in [3.8, 4) is 0 Å².